The summed E-state index contributed by atoms with van der Waals surface area (Å²) in [6.07, 6.45) is 2.85. The topological polar surface area (TPSA) is 77.3 Å². The first-order chi connectivity index (χ1) is 26.2. The minimum Gasteiger partial charge on any atom is -0.208 e. The van der Waals surface area contributed by atoms with Crippen molar-refractivity contribution in [3.63, 3.8) is 0 Å². The summed E-state index contributed by atoms with van der Waals surface area (Å²) in [5.74, 6) is 8.43. The third kappa shape index (κ3) is 5.08. The van der Waals surface area contributed by atoms with Crippen LogP contribution in [0.25, 0.3) is 79.1 Å². The van der Waals surface area contributed by atoms with Gasteiger partial charge in [0.25, 0.3) is 0 Å². The zero-order valence-corrected chi connectivity index (χ0v) is 28.9. The second kappa shape index (κ2) is 12.1. The molecule has 0 spiro atoms. The van der Waals surface area contributed by atoms with Crippen LogP contribution in [0.4, 0.5) is 0 Å². The lowest BCUT2D eigenvalue weighted by Gasteiger charge is -2.73. The number of fused-ring (bicyclic) bond motifs is 1. The SMILES string of the molecule is c1ccc(-c2nc(-c3ccc(-c4nc(-c5ccccc5)nc(-c5cccc6ccccc56)n4)cc3)nc(-c3ccc(C4C5CC6CC4C65)cc3)n2)cc1. The normalized spacial score (nSPS) is 20.9. The maximum atomic E-state index is 5.05. The van der Waals surface area contributed by atoms with Gasteiger partial charge in [-0.2, -0.15) is 0 Å². The summed E-state index contributed by atoms with van der Waals surface area (Å²) in [4.78, 5) is 30.0. The van der Waals surface area contributed by atoms with Gasteiger partial charge in [-0.25, -0.2) is 29.9 Å². The highest BCUT2D eigenvalue weighted by Gasteiger charge is 2.67. The Balaban J connectivity index is 0.971. The Kier molecular flexibility index (Phi) is 6.90. The van der Waals surface area contributed by atoms with Crippen molar-refractivity contribution in [2.75, 3.05) is 0 Å². The van der Waals surface area contributed by atoms with Crippen LogP contribution in [0.5, 0.6) is 0 Å². The second-order valence-corrected chi connectivity index (χ2v) is 14.7. The molecule has 11 rings (SSSR count). The lowest BCUT2D eigenvalue weighted by Crippen LogP contribution is -2.65. The molecule has 0 aliphatic heterocycles. The molecule has 0 N–H and O–H groups in total. The summed E-state index contributed by atoms with van der Waals surface area (Å²) in [7, 11) is 0. The molecule has 6 aromatic carbocycles. The van der Waals surface area contributed by atoms with Crippen LogP contribution in [0.2, 0.25) is 0 Å². The van der Waals surface area contributed by atoms with E-state index in [1.165, 1.54) is 18.4 Å². The molecule has 3 aliphatic carbocycles. The van der Waals surface area contributed by atoms with Gasteiger partial charge in [-0.05, 0) is 58.8 Å². The molecular weight excluding hydrogens is 649 g/mol. The molecule has 0 amide bonds. The summed E-state index contributed by atoms with van der Waals surface area (Å²) in [5, 5.41) is 2.24. The van der Waals surface area contributed by atoms with Crippen LogP contribution in [-0.4, -0.2) is 29.9 Å². The van der Waals surface area contributed by atoms with Gasteiger partial charge in [-0.1, -0.05) is 152 Å². The lowest BCUT2D eigenvalue weighted by atomic mass is 9.31. The summed E-state index contributed by atoms with van der Waals surface area (Å²) < 4.78 is 0. The van der Waals surface area contributed by atoms with E-state index in [-0.39, 0.29) is 0 Å². The van der Waals surface area contributed by atoms with E-state index < -0.39 is 0 Å². The number of nitrogens with zero attached hydrogens (tertiary/aromatic N) is 6. The molecule has 53 heavy (non-hydrogen) atoms. The van der Waals surface area contributed by atoms with Crippen molar-refractivity contribution >= 4 is 10.8 Å². The van der Waals surface area contributed by atoms with E-state index in [0.717, 1.165) is 73.7 Å². The molecule has 2 aromatic heterocycles. The van der Waals surface area contributed by atoms with Crippen molar-refractivity contribution in [3.05, 3.63) is 157 Å². The van der Waals surface area contributed by atoms with Crippen LogP contribution in [0.15, 0.2) is 152 Å². The van der Waals surface area contributed by atoms with Crippen molar-refractivity contribution in [3.8, 4) is 68.3 Å². The van der Waals surface area contributed by atoms with E-state index >= 15 is 0 Å². The quantitative estimate of drug-likeness (QED) is 0.167. The number of aromatic nitrogens is 6. The Morgan fingerprint density at radius 3 is 1.26 bits per heavy atom. The van der Waals surface area contributed by atoms with Gasteiger partial charge in [-0.3, -0.25) is 0 Å². The van der Waals surface area contributed by atoms with E-state index in [1.807, 2.05) is 84.9 Å². The number of rotatable bonds is 7. The predicted molar refractivity (Wildman–Crippen MR) is 209 cm³/mol. The fourth-order valence-electron chi connectivity index (χ4n) is 9.22. The van der Waals surface area contributed by atoms with Crippen molar-refractivity contribution in [2.45, 2.75) is 18.8 Å². The molecule has 2 atom stereocenters. The van der Waals surface area contributed by atoms with Gasteiger partial charge < -0.3 is 0 Å². The molecule has 3 saturated carbocycles. The van der Waals surface area contributed by atoms with Gasteiger partial charge in [0, 0.05) is 33.4 Å². The monoisotopic (exact) mass is 682 g/mol. The average Bonchev–Trinajstić information content (AvgIpc) is 3.23. The van der Waals surface area contributed by atoms with Crippen molar-refractivity contribution in [1.29, 1.82) is 0 Å². The summed E-state index contributed by atoms with van der Waals surface area (Å²) in [6.45, 7) is 0. The summed E-state index contributed by atoms with van der Waals surface area (Å²) in [5.41, 5.74) is 7.11. The van der Waals surface area contributed by atoms with Gasteiger partial charge in [0.2, 0.25) is 0 Å². The van der Waals surface area contributed by atoms with Gasteiger partial charge in [0.1, 0.15) is 0 Å². The molecule has 252 valence electrons. The van der Waals surface area contributed by atoms with E-state index in [4.69, 9.17) is 29.9 Å². The average molecular weight is 683 g/mol. The second-order valence-electron chi connectivity index (χ2n) is 14.7. The zero-order valence-electron chi connectivity index (χ0n) is 28.9. The minimum atomic E-state index is 0.604. The number of hydrogen-bond acceptors (Lipinski definition) is 6. The van der Waals surface area contributed by atoms with Crippen LogP contribution in [-0.2, 0) is 0 Å². The van der Waals surface area contributed by atoms with Crippen LogP contribution >= 0.6 is 0 Å². The molecule has 6 nitrogen and oxygen atoms in total. The minimum absolute atomic E-state index is 0.604. The third-order valence-electron chi connectivity index (χ3n) is 11.9. The summed E-state index contributed by atoms with van der Waals surface area (Å²) in [6, 6.07) is 52.0. The molecule has 0 saturated heterocycles. The predicted octanol–water partition coefficient (Wildman–Crippen LogP) is 10.6. The van der Waals surface area contributed by atoms with E-state index in [0.29, 0.717) is 34.9 Å². The largest absolute Gasteiger partial charge is 0.208 e. The molecular formula is C47H34N6. The Morgan fingerprint density at radius 1 is 0.358 bits per heavy atom. The van der Waals surface area contributed by atoms with Crippen molar-refractivity contribution < 1.29 is 0 Å². The standard InChI is InChI=1S/C47H34N6/c1-3-11-30(12-4-1)42-48-44(32-20-18-29(19-21-32)40-38-26-35-27-39(40)41(35)38)51-45(49-42)33-22-24-34(25-23-33)46-50-43(31-13-5-2-6-14-31)52-47(53-46)37-17-9-15-28-10-7-8-16-36(28)37/h1-25,35,38-41H,26-27H2. The molecule has 3 aliphatic rings. The number of hydrogen-bond donors (Lipinski definition) is 0. The molecule has 6 heteroatoms. The molecule has 0 radical (unpaired) electrons. The smallest absolute Gasteiger partial charge is 0.164 e. The maximum Gasteiger partial charge on any atom is 0.164 e. The van der Waals surface area contributed by atoms with Gasteiger partial charge in [0.15, 0.2) is 34.9 Å². The molecule has 8 aromatic rings. The first kappa shape index (κ1) is 30.2. The first-order valence-electron chi connectivity index (χ1n) is 18.6. The van der Waals surface area contributed by atoms with Crippen LogP contribution < -0.4 is 0 Å². The van der Waals surface area contributed by atoms with Crippen LogP contribution in [0.3, 0.4) is 0 Å². The fraction of sp³-hybridized carbons (Fsp3) is 0.149. The van der Waals surface area contributed by atoms with Gasteiger partial charge in [0.05, 0.1) is 0 Å². The van der Waals surface area contributed by atoms with E-state index in [2.05, 4.69) is 66.7 Å². The molecule has 2 unspecified atom stereocenters. The highest BCUT2D eigenvalue weighted by Crippen LogP contribution is 2.75. The Labute approximate surface area is 307 Å². The Morgan fingerprint density at radius 2 is 0.774 bits per heavy atom. The molecule has 3 fully saturated rings. The maximum absolute atomic E-state index is 5.05. The zero-order chi connectivity index (χ0) is 34.9. The van der Waals surface area contributed by atoms with Gasteiger partial charge >= 0.3 is 0 Å². The van der Waals surface area contributed by atoms with E-state index in [1.54, 1.807) is 0 Å². The molecule has 2 heterocycles. The number of benzene rings is 6. The van der Waals surface area contributed by atoms with Crippen LogP contribution in [0, 0.1) is 23.7 Å². The van der Waals surface area contributed by atoms with E-state index in [9.17, 15) is 0 Å². The highest BCUT2D eigenvalue weighted by molar-refractivity contribution is 5.95. The third-order valence-corrected chi connectivity index (χ3v) is 11.9. The first-order valence-corrected chi connectivity index (χ1v) is 18.6. The van der Waals surface area contributed by atoms with Crippen molar-refractivity contribution in [1.82, 2.24) is 29.9 Å². The van der Waals surface area contributed by atoms with Crippen molar-refractivity contribution in [2.24, 2.45) is 23.7 Å². The van der Waals surface area contributed by atoms with Gasteiger partial charge in [-0.15, -0.1) is 0 Å². The Hall–Kier alpha value is -6.40. The molecule has 0 bridgehead atoms. The highest BCUT2D eigenvalue weighted by atomic mass is 15.0. The van der Waals surface area contributed by atoms with Crippen LogP contribution in [0.1, 0.15) is 24.3 Å². The summed E-state index contributed by atoms with van der Waals surface area (Å²) >= 11 is 0. The fourth-order valence-corrected chi connectivity index (χ4v) is 9.22. The Bertz CT molecular complexity index is 2620. The lowest BCUT2D eigenvalue weighted by molar-refractivity contribution is -0.214.